The fourth-order valence-corrected chi connectivity index (χ4v) is 3.25. The minimum Gasteiger partial charge on any atom is -0.492 e. The summed E-state index contributed by atoms with van der Waals surface area (Å²) in [6, 6.07) is 12.6. The van der Waals surface area contributed by atoms with Crippen molar-refractivity contribution in [1.29, 1.82) is 0 Å². The first-order valence-corrected chi connectivity index (χ1v) is 8.51. The van der Waals surface area contributed by atoms with Crippen LogP contribution in [0.1, 0.15) is 38.4 Å². The number of anilines is 1. The fourth-order valence-electron chi connectivity index (χ4n) is 3.25. The van der Waals surface area contributed by atoms with Crippen LogP contribution in [0, 0.1) is 13.8 Å². The van der Waals surface area contributed by atoms with Crippen molar-refractivity contribution < 1.29 is 14.3 Å². The molecule has 0 aliphatic carbocycles. The minimum absolute atomic E-state index is 0.00340. The summed E-state index contributed by atoms with van der Waals surface area (Å²) < 4.78 is 5.46. The third kappa shape index (κ3) is 2.92. The number of nitrogens with one attached hydrogen (secondary N) is 1. The van der Waals surface area contributed by atoms with Crippen LogP contribution in [-0.2, 0) is 0 Å². The van der Waals surface area contributed by atoms with Gasteiger partial charge in [0, 0.05) is 28.8 Å². The summed E-state index contributed by atoms with van der Waals surface area (Å²) >= 11 is 0. The molecule has 0 saturated heterocycles. The number of fused-ring (bicyclic) bond motifs is 2. The lowest BCUT2D eigenvalue weighted by atomic mass is 10.0. The number of aryl methyl sites for hydroxylation is 2. The van der Waals surface area contributed by atoms with E-state index in [0.717, 1.165) is 22.2 Å². The third-order valence-corrected chi connectivity index (χ3v) is 4.53. The highest BCUT2D eigenvalue weighted by Gasteiger charge is 2.20. The molecule has 0 radical (unpaired) electrons. The number of ketones is 1. The number of hydrogen-bond donors (Lipinski definition) is 1. The molecule has 2 aromatic carbocycles. The number of benzene rings is 2. The van der Waals surface area contributed by atoms with E-state index in [2.05, 4.69) is 10.3 Å². The van der Waals surface area contributed by atoms with Gasteiger partial charge in [-0.25, -0.2) is 0 Å². The van der Waals surface area contributed by atoms with Gasteiger partial charge in [-0.2, -0.15) is 0 Å². The van der Waals surface area contributed by atoms with Crippen LogP contribution in [0.2, 0.25) is 0 Å². The average Bonchev–Trinajstić information content (AvgIpc) is 2.62. The Bertz CT molecular complexity index is 1060. The maximum Gasteiger partial charge on any atom is 0.255 e. The molecule has 5 heteroatoms. The second-order valence-corrected chi connectivity index (χ2v) is 6.50. The lowest BCUT2D eigenvalue weighted by Gasteiger charge is -2.17. The summed E-state index contributed by atoms with van der Waals surface area (Å²) in [6.45, 7) is 4.38. The van der Waals surface area contributed by atoms with Crippen molar-refractivity contribution in [2.45, 2.75) is 20.3 Å². The topological polar surface area (TPSA) is 68.3 Å². The van der Waals surface area contributed by atoms with Gasteiger partial charge in [-0.05, 0) is 61.9 Å². The normalized spacial score (nSPS) is 13.2. The molecule has 1 aliphatic rings. The highest BCUT2D eigenvalue weighted by Crippen LogP contribution is 2.27. The van der Waals surface area contributed by atoms with Gasteiger partial charge in [0.25, 0.3) is 5.91 Å². The predicted molar refractivity (Wildman–Crippen MR) is 100 cm³/mol. The number of carbonyl (C=O) groups is 2. The monoisotopic (exact) mass is 346 g/mol. The maximum atomic E-state index is 12.6. The second-order valence-electron chi connectivity index (χ2n) is 6.50. The second kappa shape index (κ2) is 6.26. The van der Waals surface area contributed by atoms with Crippen LogP contribution in [0.3, 0.4) is 0 Å². The zero-order valence-corrected chi connectivity index (χ0v) is 14.6. The zero-order valence-electron chi connectivity index (χ0n) is 14.6. The van der Waals surface area contributed by atoms with Crippen molar-refractivity contribution in [2.75, 3.05) is 11.9 Å². The number of rotatable bonds is 2. The van der Waals surface area contributed by atoms with Crippen molar-refractivity contribution in [1.82, 2.24) is 4.98 Å². The SMILES string of the molecule is Cc1cc(C)c2cc(NC(=O)c3ccc4c(c3)C(=O)CCO4)ccc2n1. The number of nitrogens with zero attached hydrogens (tertiary/aromatic N) is 1. The van der Waals surface area contributed by atoms with Gasteiger partial charge in [0.2, 0.25) is 0 Å². The number of ether oxygens (including phenoxy) is 1. The van der Waals surface area contributed by atoms with Crippen LogP contribution in [0.5, 0.6) is 5.75 Å². The number of Topliss-reactive ketones (excluding diaryl/α,β-unsaturated/α-hetero) is 1. The Hall–Kier alpha value is -3.21. The molecule has 0 atom stereocenters. The molecule has 130 valence electrons. The Kier molecular flexibility index (Phi) is 3.92. The first kappa shape index (κ1) is 16.3. The fraction of sp³-hybridized carbons (Fsp3) is 0.190. The third-order valence-electron chi connectivity index (χ3n) is 4.53. The average molecular weight is 346 g/mol. The van der Waals surface area contributed by atoms with Crippen LogP contribution in [0.15, 0.2) is 42.5 Å². The number of hydrogen-bond acceptors (Lipinski definition) is 4. The van der Waals surface area contributed by atoms with E-state index in [1.165, 1.54) is 0 Å². The van der Waals surface area contributed by atoms with Crippen molar-refractivity contribution in [3.63, 3.8) is 0 Å². The Morgan fingerprint density at radius 1 is 1.12 bits per heavy atom. The summed E-state index contributed by atoms with van der Waals surface area (Å²) in [5, 5.41) is 3.90. The van der Waals surface area contributed by atoms with E-state index in [0.29, 0.717) is 35.6 Å². The molecule has 0 unspecified atom stereocenters. The maximum absolute atomic E-state index is 12.6. The molecule has 1 amide bonds. The van der Waals surface area contributed by atoms with Crippen LogP contribution in [-0.4, -0.2) is 23.3 Å². The first-order valence-electron chi connectivity index (χ1n) is 8.51. The molecule has 3 aromatic rings. The van der Waals surface area contributed by atoms with E-state index in [1.54, 1.807) is 18.2 Å². The van der Waals surface area contributed by atoms with E-state index in [9.17, 15) is 9.59 Å². The molecule has 26 heavy (non-hydrogen) atoms. The van der Waals surface area contributed by atoms with Crippen LogP contribution >= 0.6 is 0 Å². The summed E-state index contributed by atoms with van der Waals surface area (Å²) in [5.41, 5.74) is 4.57. The largest absolute Gasteiger partial charge is 0.492 e. The Labute approximate surface area is 151 Å². The highest BCUT2D eigenvalue weighted by atomic mass is 16.5. The van der Waals surface area contributed by atoms with Gasteiger partial charge in [-0.1, -0.05) is 0 Å². The van der Waals surface area contributed by atoms with Crippen molar-refractivity contribution >= 4 is 28.3 Å². The Morgan fingerprint density at radius 3 is 2.81 bits per heavy atom. The molecule has 0 fully saturated rings. The lowest BCUT2D eigenvalue weighted by molar-refractivity contribution is 0.0933. The Morgan fingerprint density at radius 2 is 1.96 bits per heavy atom. The standard InChI is InChI=1S/C21H18N2O3/c1-12-9-13(2)22-18-5-4-15(11-16(12)18)23-21(25)14-3-6-20-17(10-14)19(24)7-8-26-20/h3-6,9-11H,7-8H2,1-2H3,(H,23,25). The molecule has 1 aliphatic heterocycles. The van der Waals surface area contributed by atoms with Crippen LogP contribution < -0.4 is 10.1 Å². The van der Waals surface area contributed by atoms with Crippen molar-refractivity contribution in [3.05, 3.63) is 64.8 Å². The lowest BCUT2D eigenvalue weighted by Crippen LogP contribution is -2.18. The Balaban J connectivity index is 1.63. The number of pyridine rings is 1. The summed E-state index contributed by atoms with van der Waals surface area (Å²) in [6.07, 6.45) is 0.342. The first-order chi connectivity index (χ1) is 12.5. The summed E-state index contributed by atoms with van der Waals surface area (Å²) in [4.78, 5) is 29.1. The smallest absolute Gasteiger partial charge is 0.255 e. The van der Waals surface area contributed by atoms with E-state index in [1.807, 2.05) is 38.1 Å². The molecule has 0 saturated carbocycles. The predicted octanol–water partition coefficient (Wildman–Crippen LogP) is 4.07. The van der Waals surface area contributed by atoms with Crippen molar-refractivity contribution in [2.24, 2.45) is 0 Å². The van der Waals surface area contributed by atoms with Crippen LogP contribution in [0.25, 0.3) is 10.9 Å². The molecule has 1 aromatic heterocycles. The van der Waals surface area contributed by atoms with Gasteiger partial charge in [0.1, 0.15) is 5.75 Å². The van der Waals surface area contributed by atoms with E-state index in [-0.39, 0.29) is 11.7 Å². The van der Waals surface area contributed by atoms with Crippen molar-refractivity contribution in [3.8, 4) is 5.75 Å². The molecule has 0 spiro atoms. The number of aromatic nitrogens is 1. The molecule has 0 bridgehead atoms. The summed E-state index contributed by atoms with van der Waals surface area (Å²) in [7, 11) is 0. The number of carbonyl (C=O) groups excluding carboxylic acids is 2. The summed E-state index contributed by atoms with van der Waals surface area (Å²) in [5.74, 6) is 0.285. The van der Waals surface area contributed by atoms with Gasteiger partial charge in [0.05, 0.1) is 17.7 Å². The van der Waals surface area contributed by atoms with Gasteiger partial charge in [-0.15, -0.1) is 0 Å². The van der Waals surface area contributed by atoms with Crippen LogP contribution in [0.4, 0.5) is 5.69 Å². The zero-order chi connectivity index (χ0) is 18.3. The molecular formula is C21H18N2O3. The quantitative estimate of drug-likeness (QED) is 0.759. The van der Waals surface area contributed by atoms with Gasteiger partial charge >= 0.3 is 0 Å². The molecule has 4 rings (SSSR count). The van der Waals surface area contributed by atoms with Gasteiger partial charge in [-0.3, -0.25) is 14.6 Å². The van der Waals surface area contributed by atoms with Gasteiger partial charge in [0.15, 0.2) is 5.78 Å². The molecule has 5 nitrogen and oxygen atoms in total. The molecular weight excluding hydrogens is 328 g/mol. The number of amides is 1. The minimum atomic E-state index is -0.261. The highest BCUT2D eigenvalue weighted by molar-refractivity contribution is 6.08. The molecule has 1 N–H and O–H groups in total. The van der Waals surface area contributed by atoms with E-state index in [4.69, 9.17) is 4.74 Å². The van der Waals surface area contributed by atoms with E-state index >= 15 is 0 Å². The van der Waals surface area contributed by atoms with E-state index < -0.39 is 0 Å². The van der Waals surface area contributed by atoms with Gasteiger partial charge < -0.3 is 10.1 Å². The molecule has 2 heterocycles.